The number of aliphatic hydroxyl groups is 1. The zero-order valence-electron chi connectivity index (χ0n) is 6.83. The summed E-state index contributed by atoms with van der Waals surface area (Å²) in [6.07, 6.45) is 0. The molecule has 12 heavy (non-hydrogen) atoms. The van der Waals surface area contributed by atoms with Crippen molar-refractivity contribution in [3.63, 3.8) is 0 Å². The van der Waals surface area contributed by atoms with Gasteiger partial charge in [-0.3, -0.25) is 0 Å². The monoisotopic (exact) mass is 186 g/mol. The Morgan fingerprint density at radius 1 is 1.50 bits per heavy atom. The van der Waals surface area contributed by atoms with E-state index in [0.29, 0.717) is 0 Å². The Hall–Kier alpha value is -0.570. The minimum absolute atomic E-state index is 0.0112. The predicted molar refractivity (Wildman–Crippen MR) is 48.0 cm³/mol. The van der Waals surface area contributed by atoms with Crippen molar-refractivity contribution in [2.24, 2.45) is 0 Å². The lowest BCUT2D eigenvalue weighted by Crippen LogP contribution is -1.98. The molecular formula is C9H11ClO2. The van der Waals surface area contributed by atoms with Gasteiger partial charge in [0.2, 0.25) is 0 Å². The molecule has 0 aromatic heterocycles. The van der Waals surface area contributed by atoms with Gasteiger partial charge in [0, 0.05) is 12.7 Å². The molecule has 0 radical (unpaired) electrons. The predicted octanol–water partition coefficient (Wildman–Crippen LogP) is 2.06. The molecule has 0 saturated carbocycles. The smallest absolute Gasteiger partial charge is 0.156 e. The van der Waals surface area contributed by atoms with Crippen molar-refractivity contribution in [1.82, 2.24) is 0 Å². The summed E-state index contributed by atoms with van der Waals surface area (Å²) in [5.41, 5.74) is 1.15. The van der Waals surface area contributed by atoms with Crippen molar-refractivity contribution in [1.29, 1.82) is 0 Å². The molecule has 1 atom stereocenters. The van der Waals surface area contributed by atoms with Crippen molar-refractivity contribution >= 4 is 11.6 Å². The second kappa shape index (κ2) is 4.45. The number of hydrogen-bond acceptors (Lipinski definition) is 2. The first-order valence-electron chi connectivity index (χ1n) is 3.65. The van der Waals surface area contributed by atoms with Gasteiger partial charge in [-0.15, -0.1) is 0 Å². The van der Waals surface area contributed by atoms with E-state index in [1.54, 1.807) is 0 Å². The van der Waals surface area contributed by atoms with Crippen LogP contribution in [0.5, 0.6) is 0 Å². The van der Waals surface area contributed by atoms with Gasteiger partial charge in [-0.25, -0.2) is 0 Å². The molecule has 0 saturated heterocycles. The SMILES string of the molecule is COC(Cl)c1ccccc1CO. The number of alkyl halides is 1. The molecule has 0 aliphatic rings. The average molecular weight is 187 g/mol. The number of hydrogen-bond donors (Lipinski definition) is 1. The van der Waals surface area contributed by atoms with Gasteiger partial charge in [0.1, 0.15) is 0 Å². The first kappa shape index (κ1) is 9.52. The zero-order chi connectivity index (χ0) is 8.97. The van der Waals surface area contributed by atoms with Crippen molar-refractivity contribution in [2.75, 3.05) is 7.11 Å². The van der Waals surface area contributed by atoms with Gasteiger partial charge in [-0.2, -0.15) is 0 Å². The molecule has 0 heterocycles. The molecule has 0 spiro atoms. The molecule has 1 aromatic carbocycles. The Morgan fingerprint density at radius 2 is 2.17 bits per heavy atom. The van der Waals surface area contributed by atoms with Crippen molar-refractivity contribution in [3.05, 3.63) is 35.4 Å². The van der Waals surface area contributed by atoms with E-state index in [0.717, 1.165) is 11.1 Å². The van der Waals surface area contributed by atoms with Gasteiger partial charge < -0.3 is 9.84 Å². The summed E-state index contributed by atoms with van der Waals surface area (Å²) in [7, 11) is 1.53. The van der Waals surface area contributed by atoms with Crippen LogP contribution in [0.4, 0.5) is 0 Å². The Balaban J connectivity index is 2.96. The number of benzene rings is 1. The van der Waals surface area contributed by atoms with E-state index in [1.165, 1.54) is 7.11 Å². The summed E-state index contributed by atoms with van der Waals surface area (Å²) in [5, 5.41) is 8.95. The van der Waals surface area contributed by atoms with E-state index < -0.39 is 5.56 Å². The highest BCUT2D eigenvalue weighted by molar-refractivity contribution is 6.20. The van der Waals surface area contributed by atoms with Crippen LogP contribution in [0.15, 0.2) is 24.3 Å². The number of aliphatic hydroxyl groups excluding tert-OH is 1. The van der Waals surface area contributed by atoms with Crippen LogP contribution in [0.25, 0.3) is 0 Å². The van der Waals surface area contributed by atoms with Crippen LogP contribution in [0.2, 0.25) is 0 Å². The maximum Gasteiger partial charge on any atom is 0.156 e. The molecule has 1 N–H and O–H groups in total. The average Bonchev–Trinajstić information content (AvgIpc) is 2.16. The molecule has 3 heteroatoms. The number of ether oxygens (including phenoxy) is 1. The minimum Gasteiger partial charge on any atom is -0.392 e. The molecule has 0 aliphatic carbocycles. The van der Waals surface area contributed by atoms with Gasteiger partial charge in [-0.1, -0.05) is 35.9 Å². The molecule has 1 aromatic rings. The van der Waals surface area contributed by atoms with Gasteiger partial charge in [0.25, 0.3) is 0 Å². The normalized spacial score (nSPS) is 12.9. The molecule has 2 nitrogen and oxygen atoms in total. The largest absolute Gasteiger partial charge is 0.392 e. The van der Waals surface area contributed by atoms with Crippen LogP contribution in [0.3, 0.4) is 0 Å². The fourth-order valence-corrected chi connectivity index (χ4v) is 1.24. The summed E-state index contributed by atoms with van der Waals surface area (Å²) in [6.45, 7) is -0.0112. The van der Waals surface area contributed by atoms with E-state index in [4.69, 9.17) is 21.4 Å². The molecule has 0 aliphatic heterocycles. The van der Waals surface area contributed by atoms with Gasteiger partial charge in [-0.05, 0) is 5.56 Å². The molecular weight excluding hydrogens is 176 g/mol. The first-order chi connectivity index (χ1) is 5.79. The Morgan fingerprint density at radius 3 is 2.75 bits per heavy atom. The molecule has 0 fully saturated rings. The second-order valence-corrected chi connectivity index (χ2v) is 2.81. The van der Waals surface area contributed by atoms with Crippen LogP contribution in [-0.2, 0) is 11.3 Å². The van der Waals surface area contributed by atoms with Gasteiger partial charge in [0.15, 0.2) is 5.56 Å². The van der Waals surface area contributed by atoms with Crippen LogP contribution in [0.1, 0.15) is 16.7 Å². The Kier molecular flexibility index (Phi) is 3.53. The lowest BCUT2D eigenvalue weighted by Gasteiger charge is -2.11. The van der Waals surface area contributed by atoms with E-state index in [9.17, 15) is 0 Å². The topological polar surface area (TPSA) is 29.5 Å². The van der Waals surface area contributed by atoms with Gasteiger partial charge >= 0.3 is 0 Å². The maximum atomic E-state index is 8.95. The fraction of sp³-hybridized carbons (Fsp3) is 0.333. The first-order valence-corrected chi connectivity index (χ1v) is 4.08. The standard InChI is InChI=1S/C9H11ClO2/c1-12-9(10)8-5-3-2-4-7(8)6-11/h2-5,9,11H,6H2,1H3. The van der Waals surface area contributed by atoms with Crippen molar-refractivity contribution in [2.45, 2.75) is 12.2 Å². The molecule has 1 rings (SSSR count). The Bertz CT molecular complexity index is 250. The second-order valence-electron chi connectivity index (χ2n) is 2.41. The van der Waals surface area contributed by atoms with E-state index in [1.807, 2.05) is 24.3 Å². The molecule has 0 bridgehead atoms. The van der Waals surface area contributed by atoms with E-state index >= 15 is 0 Å². The van der Waals surface area contributed by atoms with Gasteiger partial charge in [0.05, 0.1) is 6.61 Å². The Labute approximate surface area is 76.7 Å². The highest BCUT2D eigenvalue weighted by atomic mass is 35.5. The van der Waals surface area contributed by atoms with Crippen molar-refractivity contribution < 1.29 is 9.84 Å². The maximum absolute atomic E-state index is 8.95. The lowest BCUT2D eigenvalue weighted by atomic mass is 10.1. The molecule has 66 valence electrons. The third-order valence-electron chi connectivity index (χ3n) is 1.68. The summed E-state index contributed by atoms with van der Waals surface area (Å²) in [5.74, 6) is 0. The van der Waals surface area contributed by atoms with Crippen LogP contribution < -0.4 is 0 Å². The summed E-state index contributed by atoms with van der Waals surface area (Å²) >= 11 is 5.84. The quantitative estimate of drug-likeness (QED) is 0.733. The summed E-state index contributed by atoms with van der Waals surface area (Å²) in [4.78, 5) is 0. The number of methoxy groups -OCH3 is 1. The van der Waals surface area contributed by atoms with Crippen LogP contribution in [-0.4, -0.2) is 12.2 Å². The van der Waals surface area contributed by atoms with E-state index in [2.05, 4.69) is 0 Å². The van der Waals surface area contributed by atoms with E-state index in [-0.39, 0.29) is 6.61 Å². The van der Waals surface area contributed by atoms with Crippen LogP contribution in [0, 0.1) is 0 Å². The zero-order valence-corrected chi connectivity index (χ0v) is 7.58. The third kappa shape index (κ3) is 1.97. The third-order valence-corrected chi connectivity index (χ3v) is 2.09. The number of halogens is 1. The molecule has 1 unspecified atom stereocenters. The summed E-state index contributed by atoms with van der Waals surface area (Å²) < 4.78 is 4.93. The van der Waals surface area contributed by atoms with Crippen molar-refractivity contribution in [3.8, 4) is 0 Å². The summed E-state index contributed by atoms with van der Waals surface area (Å²) in [6, 6.07) is 7.38. The number of rotatable bonds is 3. The highest BCUT2D eigenvalue weighted by Crippen LogP contribution is 2.24. The molecule has 0 amide bonds. The fourth-order valence-electron chi connectivity index (χ4n) is 1.03. The minimum atomic E-state index is -0.478. The highest BCUT2D eigenvalue weighted by Gasteiger charge is 2.09. The lowest BCUT2D eigenvalue weighted by molar-refractivity contribution is 0.166. The van der Waals surface area contributed by atoms with Crippen LogP contribution >= 0.6 is 11.6 Å².